The van der Waals surface area contributed by atoms with Crippen LogP contribution in [0, 0.1) is 0 Å². The number of nitrogens with one attached hydrogen (secondary N) is 1. The van der Waals surface area contributed by atoms with Crippen molar-refractivity contribution in [1.82, 2.24) is 0 Å². The predicted octanol–water partition coefficient (Wildman–Crippen LogP) is 3.99. The lowest BCUT2D eigenvalue weighted by Gasteiger charge is -2.25. The second-order valence-corrected chi connectivity index (χ2v) is 9.65. The summed E-state index contributed by atoms with van der Waals surface area (Å²) in [5, 5.41) is 18.6. The number of anilines is 1. The molecule has 0 aromatic heterocycles. The van der Waals surface area contributed by atoms with Crippen molar-refractivity contribution in [3.8, 4) is 11.5 Å². The summed E-state index contributed by atoms with van der Waals surface area (Å²) in [6.45, 7) is 0. The Hall–Kier alpha value is -3.29. The van der Waals surface area contributed by atoms with E-state index in [0.29, 0.717) is 12.1 Å². The van der Waals surface area contributed by atoms with Crippen molar-refractivity contribution in [2.24, 2.45) is 0 Å². The number of sulfonamides is 1. The fraction of sp³-hybridized carbons (Fsp3) is 0.167. The van der Waals surface area contributed by atoms with Crippen LogP contribution in [0.15, 0.2) is 78.9 Å². The molecule has 1 saturated heterocycles. The molecule has 1 fully saturated rings. The molecule has 3 atom stereocenters. The number of phenols is 2. The zero-order valence-corrected chi connectivity index (χ0v) is 17.3. The number of rotatable bonds is 5. The standard InChI is InChI=1S/C24H21NO5S/c26-18-10-6-15(7-11-18)22-20-14-21(31(28,29)25-17-4-2-1-3-5-17)24(30-20)23(22)16-8-12-19(27)13-9-16/h1-13,20-21,24-27H,14H2/t20-,21+,24+/m0/s1. The molecule has 3 aromatic rings. The largest absolute Gasteiger partial charge is 0.508 e. The highest BCUT2D eigenvalue weighted by Gasteiger charge is 2.52. The third-order valence-electron chi connectivity index (χ3n) is 5.78. The fourth-order valence-corrected chi connectivity index (χ4v) is 5.97. The summed E-state index contributed by atoms with van der Waals surface area (Å²) in [6.07, 6.45) is -0.680. The molecular weight excluding hydrogens is 414 g/mol. The molecular formula is C24H21NO5S. The molecule has 0 saturated carbocycles. The molecule has 158 valence electrons. The van der Waals surface area contributed by atoms with Gasteiger partial charge in [-0.15, -0.1) is 0 Å². The van der Waals surface area contributed by atoms with Crippen LogP contribution in [0.4, 0.5) is 5.69 Å². The van der Waals surface area contributed by atoms with Gasteiger partial charge in [0.2, 0.25) is 10.0 Å². The van der Waals surface area contributed by atoms with Crippen LogP contribution in [-0.4, -0.2) is 36.1 Å². The van der Waals surface area contributed by atoms with Crippen molar-refractivity contribution in [3.63, 3.8) is 0 Å². The van der Waals surface area contributed by atoms with Crippen molar-refractivity contribution in [3.05, 3.63) is 90.0 Å². The lowest BCUT2D eigenvalue weighted by molar-refractivity contribution is 0.128. The number of benzene rings is 3. The van der Waals surface area contributed by atoms with E-state index >= 15 is 0 Å². The van der Waals surface area contributed by atoms with Crippen molar-refractivity contribution in [1.29, 1.82) is 0 Å². The molecule has 0 spiro atoms. The smallest absolute Gasteiger partial charge is 0.238 e. The molecule has 6 nitrogen and oxygen atoms in total. The van der Waals surface area contributed by atoms with E-state index in [1.807, 2.05) is 6.07 Å². The van der Waals surface area contributed by atoms with E-state index in [1.165, 1.54) is 0 Å². The SMILES string of the molecule is O=S(=O)(Nc1ccccc1)[C@@H]1C[C@@H]2O[C@H]1C(c1ccc(O)cc1)=C2c1ccc(O)cc1. The summed E-state index contributed by atoms with van der Waals surface area (Å²) in [5.74, 6) is 0.293. The summed E-state index contributed by atoms with van der Waals surface area (Å²) in [7, 11) is -3.70. The summed E-state index contributed by atoms with van der Waals surface area (Å²) >= 11 is 0. The van der Waals surface area contributed by atoms with Crippen LogP contribution in [-0.2, 0) is 14.8 Å². The van der Waals surface area contributed by atoms with Gasteiger partial charge in [0.15, 0.2) is 0 Å². The first-order valence-electron chi connectivity index (χ1n) is 9.97. The van der Waals surface area contributed by atoms with E-state index in [9.17, 15) is 18.6 Å². The molecule has 2 heterocycles. The normalized spacial score (nSPS) is 22.6. The Morgan fingerprint density at radius 1 is 0.774 bits per heavy atom. The number of ether oxygens (including phenoxy) is 1. The number of hydrogen-bond acceptors (Lipinski definition) is 5. The highest BCUT2D eigenvalue weighted by molar-refractivity contribution is 7.93. The number of para-hydroxylation sites is 1. The van der Waals surface area contributed by atoms with E-state index < -0.39 is 21.4 Å². The quantitative estimate of drug-likeness (QED) is 0.563. The average molecular weight is 436 g/mol. The average Bonchev–Trinajstić information content (AvgIpc) is 3.35. The van der Waals surface area contributed by atoms with Gasteiger partial charge in [-0.1, -0.05) is 42.5 Å². The minimum Gasteiger partial charge on any atom is -0.508 e. The Balaban J connectivity index is 1.58. The van der Waals surface area contributed by atoms with Crippen molar-refractivity contribution < 1.29 is 23.4 Å². The Bertz CT molecular complexity index is 1240. The molecule has 5 rings (SSSR count). The molecule has 0 radical (unpaired) electrons. The maximum Gasteiger partial charge on any atom is 0.238 e. The molecule has 7 heteroatoms. The minimum atomic E-state index is -3.70. The second-order valence-electron chi connectivity index (χ2n) is 7.75. The van der Waals surface area contributed by atoms with Gasteiger partial charge in [-0.05, 0) is 65.1 Å². The summed E-state index contributed by atoms with van der Waals surface area (Å²) in [4.78, 5) is 0. The van der Waals surface area contributed by atoms with E-state index in [1.54, 1.807) is 72.8 Å². The van der Waals surface area contributed by atoms with Crippen LogP contribution >= 0.6 is 0 Å². The first-order chi connectivity index (χ1) is 14.9. The van der Waals surface area contributed by atoms with Crippen molar-refractivity contribution >= 4 is 26.9 Å². The van der Waals surface area contributed by atoms with Crippen molar-refractivity contribution in [2.45, 2.75) is 23.9 Å². The van der Waals surface area contributed by atoms with Crippen LogP contribution in [0.3, 0.4) is 0 Å². The molecule has 0 amide bonds. The lowest BCUT2D eigenvalue weighted by atomic mass is 9.83. The second kappa shape index (κ2) is 7.44. The number of phenolic OH excluding ortho intramolecular Hbond substituents is 2. The molecule has 31 heavy (non-hydrogen) atoms. The van der Waals surface area contributed by atoms with E-state index in [4.69, 9.17) is 4.74 Å². The fourth-order valence-electron chi connectivity index (χ4n) is 4.40. The predicted molar refractivity (Wildman–Crippen MR) is 119 cm³/mol. The third kappa shape index (κ3) is 3.56. The molecule has 2 aliphatic heterocycles. The summed E-state index contributed by atoms with van der Waals surface area (Å²) in [5.41, 5.74) is 3.90. The molecule has 3 aromatic carbocycles. The molecule has 2 bridgehead atoms. The van der Waals surface area contributed by atoms with Crippen LogP contribution in [0.5, 0.6) is 11.5 Å². The number of fused-ring (bicyclic) bond motifs is 2. The van der Waals surface area contributed by atoms with E-state index in [-0.39, 0.29) is 17.6 Å². The van der Waals surface area contributed by atoms with Gasteiger partial charge in [0.25, 0.3) is 0 Å². The van der Waals surface area contributed by atoms with Crippen LogP contribution in [0.25, 0.3) is 11.1 Å². The number of aromatic hydroxyl groups is 2. The highest BCUT2D eigenvalue weighted by Crippen LogP contribution is 2.50. The zero-order valence-electron chi connectivity index (χ0n) is 16.5. The van der Waals surface area contributed by atoms with Crippen LogP contribution in [0.1, 0.15) is 17.5 Å². The Labute approximate surface area is 180 Å². The van der Waals surface area contributed by atoms with Crippen LogP contribution in [0.2, 0.25) is 0 Å². The van der Waals surface area contributed by atoms with Gasteiger partial charge in [0.1, 0.15) is 22.9 Å². The Morgan fingerprint density at radius 3 is 1.90 bits per heavy atom. The summed E-state index contributed by atoms with van der Waals surface area (Å²) in [6, 6.07) is 22.3. The third-order valence-corrected chi connectivity index (χ3v) is 7.54. The van der Waals surface area contributed by atoms with E-state index in [0.717, 1.165) is 22.3 Å². The van der Waals surface area contributed by atoms with Crippen molar-refractivity contribution in [2.75, 3.05) is 4.72 Å². The summed E-state index contributed by atoms with van der Waals surface area (Å²) < 4.78 is 35.3. The van der Waals surface area contributed by atoms with Gasteiger partial charge in [-0.25, -0.2) is 8.42 Å². The molecule has 2 aliphatic rings. The van der Waals surface area contributed by atoms with Gasteiger partial charge in [-0.3, -0.25) is 4.72 Å². The number of hydrogen-bond donors (Lipinski definition) is 3. The highest BCUT2D eigenvalue weighted by atomic mass is 32.2. The first kappa shape index (κ1) is 19.7. The van der Waals surface area contributed by atoms with Gasteiger partial charge >= 0.3 is 0 Å². The monoisotopic (exact) mass is 435 g/mol. The topological polar surface area (TPSA) is 95.9 Å². The maximum absolute atomic E-state index is 13.2. The molecule has 3 N–H and O–H groups in total. The lowest BCUT2D eigenvalue weighted by Crippen LogP contribution is -2.36. The molecule has 0 unspecified atom stereocenters. The first-order valence-corrected chi connectivity index (χ1v) is 11.5. The van der Waals surface area contributed by atoms with Gasteiger partial charge in [-0.2, -0.15) is 0 Å². The van der Waals surface area contributed by atoms with Gasteiger partial charge in [0, 0.05) is 5.69 Å². The minimum absolute atomic E-state index is 0.134. The Kier molecular flexibility index (Phi) is 4.72. The maximum atomic E-state index is 13.2. The van der Waals surface area contributed by atoms with Gasteiger partial charge in [0.05, 0.1) is 6.10 Å². The Morgan fingerprint density at radius 2 is 1.32 bits per heavy atom. The van der Waals surface area contributed by atoms with Gasteiger partial charge < -0.3 is 14.9 Å². The van der Waals surface area contributed by atoms with E-state index in [2.05, 4.69) is 4.72 Å². The van der Waals surface area contributed by atoms with Crippen LogP contribution < -0.4 is 4.72 Å². The molecule has 0 aliphatic carbocycles. The zero-order chi connectivity index (χ0) is 21.6.